The molecule has 2 N–H and O–H groups in total. The maximum absolute atomic E-state index is 11.0. The first-order chi connectivity index (χ1) is 7.99. The molecule has 92 valence electrons. The molecule has 6 heteroatoms. The molecule has 0 fully saturated rings. The Morgan fingerprint density at radius 2 is 2.00 bits per heavy atom. The minimum absolute atomic E-state index is 0.341. The summed E-state index contributed by atoms with van der Waals surface area (Å²) >= 11 is 11.7. The number of rotatable bonds is 5. The highest BCUT2D eigenvalue weighted by atomic mass is 35.5. The van der Waals surface area contributed by atoms with Crippen molar-refractivity contribution in [2.24, 2.45) is 0 Å². The Labute approximate surface area is 109 Å². The number of hydrogen-bond acceptors (Lipinski definition) is 2. The van der Waals surface area contributed by atoms with Crippen LogP contribution in [0.2, 0.25) is 10.0 Å². The number of carboxylic acid groups (broad SMARTS) is 1. The molecule has 1 aromatic carbocycles. The lowest BCUT2D eigenvalue weighted by atomic mass is 10.1. The molecule has 17 heavy (non-hydrogen) atoms. The van der Waals surface area contributed by atoms with Gasteiger partial charge in [-0.05, 0) is 24.1 Å². The third-order valence-electron chi connectivity index (χ3n) is 2.04. The van der Waals surface area contributed by atoms with E-state index in [2.05, 4.69) is 5.32 Å². The molecule has 0 unspecified atom stereocenters. The highest BCUT2D eigenvalue weighted by Gasteiger charge is 2.07. The smallest absolute Gasteiger partial charge is 0.312 e. The number of amides is 1. The van der Waals surface area contributed by atoms with Gasteiger partial charge in [0.05, 0.1) is 0 Å². The average Bonchev–Trinajstić information content (AvgIpc) is 2.20. The van der Waals surface area contributed by atoms with E-state index < -0.39 is 18.3 Å². The Morgan fingerprint density at radius 1 is 1.29 bits per heavy atom. The first kappa shape index (κ1) is 13.8. The quantitative estimate of drug-likeness (QED) is 0.809. The molecule has 0 bridgehead atoms. The fraction of sp³-hybridized carbons (Fsp3) is 0.273. The highest BCUT2D eigenvalue weighted by Crippen LogP contribution is 2.20. The predicted octanol–water partition coefficient (Wildman–Crippen LogP) is 2.13. The number of hydrogen-bond donors (Lipinski definition) is 2. The lowest BCUT2D eigenvalue weighted by Gasteiger charge is -2.06. The van der Waals surface area contributed by atoms with Crippen molar-refractivity contribution in [2.75, 3.05) is 6.54 Å². The molecule has 0 atom stereocenters. The van der Waals surface area contributed by atoms with Gasteiger partial charge in [-0.1, -0.05) is 29.3 Å². The summed E-state index contributed by atoms with van der Waals surface area (Å²) in [5.74, 6) is -1.66. The van der Waals surface area contributed by atoms with Gasteiger partial charge >= 0.3 is 5.97 Å². The van der Waals surface area contributed by atoms with E-state index in [9.17, 15) is 9.59 Å². The second-order valence-corrected chi connectivity index (χ2v) is 4.25. The molecule has 0 aliphatic rings. The number of carbonyl (C=O) groups is 2. The first-order valence-electron chi connectivity index (χ1n) is 4.91. The molecule has 0 saturated heterocycles. The van der Waals surface area contributed by atoms with E-state index >= 15 is 0 Å². The van der Waals surface area contributed by atoms with Crippen molar-refractivity contribution < 1.29 is 14.7 Å². The SMILES string of the molecule is O=C(O)CC(=O)NCCc1ccc(Cl)cc1Cl. The summed E-state index contributed by atoms with van der Waals surface area (Å²) in [4.78, 5) is 21.3. The zero-order valence-corrected chi connectivity index (χ0v) is 10.4. The fourth-order valence-electron chi connectivity index (χ4n) is 1.26. The van der Waals surface area contributed by atoms with Crippen molar-refractivity contribution in [2.45, 2.75) is 12.8 Å². The van der Waals surface area contributed by atoms with Crippen LogP contribution in [0.25, 0.3) is 0 Å². The summed E-state index contributed by atoms with van der Waals surface area (Å²) in [6.45, 7) is 0.341. The third-order valence-corrected chi connectivity index (χ3v) is 2.63. The second kappa shape index (κ2) is 6.47. The van der Waals surface area contributed by atoms with Gasteiger partial charge in [0, 0.05) is 16.6 Å². The lowest BCUT2D eigenvalue weighted by molar-refractivity contribution is -0.140. The van der Waals surface area contributed by atoms with Crippen LogP contribution in [0.4, 0.5) is 0 Å². The van der Waals surface area contributed by atoms with Gasteiger partial charge in [-0.15, -0.1) is 0 Å². The molecular formula is C11H11Cl2NO3. The summed E-state index contributed by atoms with van der Waals surface area (Å²) in [6.07, 6.45) is 0.00963. The van der Waals surface area contributed by atoms with E-state index in [1.54, 1.807) is 18.2 Å². The maximum atomic E-state index is 11.0. The zero-order chi connectivity index (χ0) is 12.8. The van der Waals surface area contributed by atoms with Gasteiger partial charge in [0.2, 0.25) is 5.91 Å². The number of carbonyl (C=O) groups excluding carboxylic acids is 1. The maximum Gasteiger partial charge on any atom is 0.312 e. The molecule has 1 rings (SSSR count). The standard InChI is InChI=1S/C11H11Cl2NO3/c12-8-2-1-7(9(13)5-8)3-4-14-10(15)6-11(16)17/h1-2,5H,3-4,6H2,(H,14,15)(H,16,17). The van der Waals surface area contributed by atoms with E-state index in [-0.39, 0.29) is 0 Å². The molecule has 4 nitrogen and oxygen atoms in total. The largest absolute Gasteiger partial charge is 0.481 e. The van der Waals surface area contributed by atoms with Gasteiger partial charge < -0.3 is 10.4 Å². The molecule has 0 spiro atoms. The Morgan fingerprint density at radius 3 is 2.59 bits per heavy atom. The first-order valence-corrected chi connectivity index (χ1v) is 5.67. The Bertz CT molecular complexity index is 435. The normalized spacial score (nSPS) is 10.0. The van der Waals surface area contributed by atoms with Crippen molar-refractivity contribution in [1.29, 1.82) is 0 Å². The van der Waals surface area contributed by atoms with E-state index in [0.717, 1.165) is 5.56 Å². The Balaban J connectivity index is 2.41. The number of benzene rings is 1. The van der Waals surface area contributed by atoms with Gasteiger partial charge in [0.15, 0.2) is 0 Å². The van der Waals surface area contributed by atoms with Crippen LogP contribution >= 0.6 is 23.2 Å². The van der Waals surface area contributed by atoms with E-state index in [4.69, 9.17) is 28.3 Å². The Kier molecular flexibility index (Phi) is 5.25. The molecule has 0 aliphatic heterocycles. The van der Waals surface area contributed by atoms with E-state index in [1.807, 2.05) is 0 Å². The molecule has 0 aliphatic carbocycles. The van der Waals surface area contributed by atoms with Crippen LogP contribution in [0, 0.1) is 0 Å². The predicted molar refractivity (Wildman–Crippen MR) is 65.4 cm³/mol. The van der Waals surface area contributed by atoms with Gasteiger partial charge in [0.25, 0.3) is 0 Å². The minimum Gasteiger partial charge on any atom is -0.481 e. The molecule has 0 saturated carbocycles. The summed E-state index contributed by atoms with van der Waals surface area (Å²) in [5, 5.41) is 12.0. The summed E-state index contributed by atoms with van der Waals surface area (Å²) < 4.78 is 0. The molecule has 0 heterocycles. The Hall–Kier alpha value is -1.26. The number of carboxylic acids is 1. The summed E-state index contributed by atoms with van der Waals surface area (Å²) in [5.41, 5.74) is 0.853. The van der Waals surface area contributed by atoms with Crippen molar-refractivity contribution >= 4 is 35.1 Å². The van der Waals surface area contributed by atoms with Crippen LogP contribution in [0.5, 0.6) is 0 Å². The van der Waals surface area contributed by atoms with Crippen LogP contribution in [-0.4, -0.2) is 23.5 Å². The van der Waals surface area contributed by atoms with Crippen molar-refractivity contribution in [3.63, 3.8) is 0 Å². The number of nitrogens with one attached hydrogen (secondary N) is 1. The van der Waals surface area contributed by atoms with Gasteiger partial charge in [0.1, 0.15) is 6.42 Å². The fourth-order valence-corrected chi connectivity index (χ4v) is 1.76. The van der Waals surface area contributed by atoms with Crippen molar-refractivity contribution in [1.82, 2.24) is 5.32 Å². The minimum atomic E-state index is -1.15. The van der Waals surface area contributed by atoms with Crippen LogP contribution < -0.4 is 5.32 Å². The van der Waals surface area contributed by atoms with Gasteiger partial charge in [-0.25, -0.2) is 0 Å². The highest BCUT2D eigenvalue weighted by molar-refractivity contribution is 6.35. The summed E-state index contributed by atoms with van der Waals surface area (Å²) in [6, 6.07) is 5.10. The van der Waals surface area contributed by atoms with E-state index in [0.29, 0.717) is 23.0 Å². The monoisotopic (exact) mass is 275 g/mol. The average molecular weight is 276 g/mol. The second-order valence-electron chi connectivity index (χ2n) is 3.41. The van der Waals surface area contributed by atoms with Gasteiger partial charge in [-0.2, -0.15) is 0 Å². The van der Waals surface area contributed by atoms with Crippen molar-refractivity contribution in [3.05, 3.63) is 33.8 Å². The van der Waals surface area contributed by atoms with E-state index in [1.165, 1.54) is 0 Å². The number of halogens is 2. The molecule has 1 amide bonds. The van der Waals surface area contributed by atoms with Crippen LogP contribution in [0.15, 0.2) is 18.2 Å². The zero-order valence-electron chi connectivity index (χ0n) is 8.87. The third kappa shape index (κ3) is 5.06. The van der Waals surface area contributed by atoms with Crippen LogP contribution in [-0.2, 0) is 16.0 Å². The molecular weight excluding hydrogens is 265 g/mol. The van der Waals surface area contributed by atoms with Crippen LogP contribution in [0.3, 0.4) is 0 Å². The molecule has 1 aromatic rings. The van der Waals surface area contributed by atoms with Crippen LogP contribution in [0.1, 0.15) is 12.0 Å². The lowest BCUT2D eigenvalue weighted by Crippen LogP contribution is -2.27. The van der Waals surface area contributed by atoms with Gasteiger partial charge in [-0.3, -0.25) is 9.59 Å². The summed E-state index contributed by atoms with van der Waals surface area (Å²) in [7, 11) is 0. The number of aliphatic carboxylic acids is 1. The molecule has 0 aromatic heterocycles. The molecule has 0 radical (unpaired) electrons. The topological polar surface area (TPSA) is 66.4 Å². The van der Waals surface area contributed by atoms with Crippen molar-refractivity contribution in [3.8, 4) is 0 Å².